The Labute approximate surface area is 132 Å². The molecule has 2 rings (SSSR count). The lowest BCUT2D eigenvalue weighted by Crippen LogP contribution is -2.24. The van der Waals surface area contributed by atoms with Gasteiger partial charge in [0.2, 0.25) is 5.95 Å². The highest BCUT2D eigenvalue weighted by Crippen LogP contribution is 2.19. The van der Waals surface area contributed by atoms with Crippen molar-refractivity contribution >= 4 is 11.8 Å². The number of anilines is 2. The van der Waals surface area contributed by atoms with E-state index in [0.717, 1.165) is 41.9 Å². The molecule has 1 N–H and O–H groups in total. The normalized spacial score (nSPS) is 10.4. The summed E-state index contributed by atoms with van der Waals surface area (Å²) in [6, 6.07) is 9.94. The van der Waals surface area contributed by atoms with Crippen molar-refractivity contribution in [3.8, 4) is 5.75 Å². The van der Waals surface area contributed by atoms with Gasteiger partial charge in [0.05, 0.1) is 7.11 Å². The van der Waals surface area contributed by atoms with Crippen LogP contribution in [0.15, 0.2) is 30.3 Å². The molecule has 0 aliphatic rings. The van der Waals surface area contributed by atoms with Gasteiger partial charge in [0.25, 0.3) is 0 Å². The lowest BCUT2D eigenvalue weighted by atomic mass is 10.2. The zero-order chi connectivity index (χ0) is 15.9. The van der Waals surface area contributed by atoms with Gasteiger partial charge in [0.15, 0.2) is 0 Å². The van der Waals surface area contributed by atoms with Crippen LogP contribution in [0.25, 0.3) is 0 Å². The van der Waals surface area contributed by atoms with Gasteiger partial charge in [0, 0.05) is 37.0 Å². The molecule has 1 aromatic carbocycles. The number of nitrogens with one attached hydrogen (secondary N) is 1. The minimum atomic E-state index is 0.665. The lowest BCUT2D eigenvalue weighted by Gasteiger charge is -2.20. The van der Waals surface area contributed by atoms with Crippen molar-refractivity contribution in [2.24, 2.45) is 0 Å². The first-order valence-electron chi connectivity index (χ1n) is 7.64. The largest absolute Gasteiger partial charge is 0.496 e. The zero-order valence-corrected chi connectivity index (χ0v) is 13.8. The average molecular weight is 300 g/mol. The molecule has 0 aliphatic heterocycles. The molecule has 5 heteroatoms. The average Bonchev–Trinajstić information content (AvgIpc) is 2.54. The third kappa shape index (κ3) is 3.87. The molecule has 2 aromatic rings. The molecule has 1 heterocycles. The van der Waals surface area contributed by atoms with E-state index in [1.807, 2.05) is 37.3 Å². The quantitative estimate of drug-likeness (QED) is 0.850. The maximum atomic E-state index is 5.37. The number of methoxy groups -OCH3 is 1. The number of benzene rings is 1. The van der Waals surface area contributed by atoms with Gasteiger partial charge in [-0.3, -0.25) is 0 Å². The molecular formula is C17H24N4O. The van der Waals surface area contributed by atoms with E-state index in [-0.39, 0.29) is 0 Å². The minimum Gasteiger partial charge on any atom is -0.496 e. The number of nitrogens with zero attached hydrogens (tertiary/aromatic N) is 3. The van der Waals surface area contributed by atoms with Gasteiger partial charge in [-0.2, -0.15) is 4.98 Å². The third-order valence-electron chi connectivity index (χ3n) is 3.54. The molecule has 1 aromatic heterocycles. The van der Waals surface area contributed by atoms with Gasteiger partial charge in [-0.25, -0.2) is 4.98 Å². The third-order valence-corrected chi connectivity index (χ3v) is 3.54. The standard InChI is InChI=1S/C17H24N4O/c1-5-21(6-2)17-19-13(3)11-16(20-17)18-12-14-9-7-8-10-15(14)22-4/h7-11H,5-6,12H2,1-4H3,(H,18,19,20). The summed E-state index contributed by atoms with van der Waals surface area (Å²) in [4.78, 5) is 11.3. The summed E-state index contributed by atoms with van der Waals surface area (Å²) in [6.45, 7) is 8.66. The Balaban J connectivity index is 2.16. The van der Waals surface area contributed by atoms with Gasteiger partial charge in [-0.1, -0.05) is 18.2 Å². The highest BCUT2D eigenvalue weighted by molar-refractivity contribution is 5.45. The Morgan fingerprint density at radius 3 is 2.55 bits per heavy atom. The van der Waals surface area contributed by atoms with E-state index >= 15 is 0 Å². The van der Waals surface area contributed by atoms with Crippen molar-refractivity contribution in [1.82, 2.24) is 9.97 Å². The van der Waals surface area contributed by atoms with Crippen LogP contribution in [0.1, 0.15) is 25.1 Å². The Kier molecular flexibility index (Phi) is 5.58. The van der Waals surface area contributed by atoms with Crippen LogP contribution >= 0.6 is 0 Å². The summed E-state index contributed by atoms with van der Waals surface area (Å²) in [6.07, 6.45) is 0. The number of aryl methyl sites for hydroxylation is 1. The molecule has 0 amide bonds. The first-order chi connectivity index (χ1) is 10.7. The summed E-state index contributed by atoms with van der Waals surface area (Å²) in [5.74, 6) is 2.48. The molecule has 22 heavy (non-hydrogen) atoms. The smallest absolute Gasteiger partial charge is 0.227 e. The van der Waals surface area contributed by atoms with Crippen molar-refractivity contribution in [3.63, 3.8) is 0 Å². The molecule has 0 radical (unpaired) electrons. The van der Waals surface area contributed by atoms with Crippen molar-refractivity contribution in [2.75, 3.05) is 30.4 Å². The number of rotatable bonds is 7. The van der Waals surface area contributed by atoms with Crippen LogP contribution in [-0.4, -0.2) is 30.2 Å². The van der Waals surface area contributed by atoms with Gasteiger partial charge in [0.1, 0.15) is 11.6 Å². The van der Waals surface area contributed by atoms with Crippen LogP contribution in [0, 0.1) is 6.92 Å². The molecule has 0 saturated heterocycles. The molecule has 0 aliphatic carbocycles. The van der Waals surface area contributed by atoms with Crippen molar-refractivity contribution in [2.45, 2.75) is 27.3 Å². The fourth-order valence-electron chi connectivity index (χ4n) is 2.33. The van der Waals surface area contributed by atoms with Crippen LogP contribution in [0.4, 0.5) is 11.8 Å². The van der Waals surface area contributed by atoms with E-state index in [9.17, 15) is 0 Å². The van der Waals surface area contributed by atoms with E-state index in [1.165, 1.54) is 0 Å². The van der Waals surface area contributed by atoms with Gasteiger partial charge < -0.3 is 15.0 Å². The van der Waals surface area contributed by atoms with Crippen LogP contribution in [0.3, 0.4) is 0 Å². The van der Waals surface area contributed by atoms with Crippen LogP contribution in [-0.2, 0) is 6.54 Å². The predicted octanol–water partition coefficient (Wildman–Crippen LogP) is 3.25. The van der Waals surface area contributed by atoms with Crippen LogP contribution in [0.2, 0.25) is 0 Å². The molecule has 118 valence electrons. The number of hydrogen-bond donors (Lipinski definition) is 1. The SMILES string of the molecule is CCN(CC)c1nc(C)cc(NCc2ccccc2OC)n1. The number of hydrogen-bond acceptors (Lipinski definition) is 5. The van der Waals surface area contributed by atoms with E-state index < -0.39 is 0 Å². The van der Waals surface area contributed by atoms with Crippen LogP contribution in [0.5, 0.6) is 5.75 Å². The lowest BCUT2D eigenvalue weighted by molar-refractivity contribution is 0.410. The molecule has 0 atom stereocenters. The maximum absolute atomic E-state index is 5.37. The second kappa shape index (κ2) is 7.64. The fraction of sp³-hybridized carbons (Fsp3) is 0.412. The monoisotopic (exact) mass is 300 g/mol. The summed E-state index contributed by atoms with van der Waals surface area (Å²) < 4.78 is 5.37. The number of aromatic nitrogens is 2. The molecule has 0 saturated carbocycles. The fourth-order valence-corrected chi connectivity index (χ4v) is 2.33. The zero-order valence-electron chi connectivity index (χ0n) is 13.8. The highest BCUT2D eigenvalue weighted by Gasteiger charge is 2.08. The Hall–Kier alpha value is -2.30. The summed E-state index contributed by atoms with van der Waals surface area (Å²) in [5, 5.41) is 3.36. The predicted molar refractivity (Wildman–Crippen MR) is 90.7 cm³/mol. The maximum Gasteiger partial charge on any atom is 0.227 e. The minimum absolute atomic E-state index is 0.665. The Morgan fingerprint density at radius 1 is 1.14 bits per heavy atom. The van der Waals surface area contributed by atoms with E-state index in [4.69, 9.17) is 4.74 Å². The van der Waals surface area contributed by atoms with E-state index in [1.54, 1.807) is 7.11 Å². The number of para-hydroxylation sites is 1. The highest BCUT2D eigenvalue weighted by atomic mass is 16.5. The van der Waals surface area contributed by atoms with Gasteiger partial charge in [-0.05, 0) is 26.8 Å². The molecular weight excluding hydrogens is 276 g/mol. The van der Waals surface area contributed by atoms with Gasteiger partial charge >= 0.3 is 0 Å². The topological polar surface area (TPSA) is 50.3 Å². The molecule has 0 unspecified atom stereocenters. The summed E-state index contributed by atoms with van der Waals surface area (Å²) in [7, 11) is 1.69. The van der Waals surface area contributed by atoms with E-state index in [0.29, 0.717) is 6.54 Å². The first kappa shape index (κ1) is 16.1. The molecule has 0 fully saturated rings. The summed E-state index contributed by atoms with van der Waals surface area (Å²) in [5.41, 5.74) is 2.06. The van der Waals surface area contributed by atoms with E-state index in [2.05, 4.69) is 34.0 Å². The van der Waals surface area contributed by atoms with Crippen molar-refractivity contribution in [3.05, 3.63) is 41.6 Å². The molecule has 0 bridgehead atoms. The first-order valence-corrected chi connectivity index (χ1v) is 7.64. The van der Waals surface area contributed by atoms with Crippen molar-refractivity contribution in [1.29, 1.82) is 0 Å². The molecule has 0 spiro atoms. The Bertz CT molecular complexity index is 611. The van der Waals surface area contributed by atoms with Crippen molar-refractivity contribution < 1.29 is 4.74 Å². The summed E-state index contributed by atoms with van der Waals surface area (Å²) >= 11 is 0. The molecule has 5 nitrogen and oxygen atoms in total. The second-order valence-corrected chi connectivity index (χ2v) is 5.03. The number of ether oxygens (including phenoxy) is 1. The van der Waals surface area contributed by atoms with Gasteiger partial charge in [-0.15, -0.1) is 0 Å². The second-order valence-electron chi connectivity index (χ2n) is 5.03. The Morgan fingerprint density at radius 2 is 1.86 bits per heavy atom. The van der Waals surface area contributed by atoms with Crippen LogP contribution < -0.4 is 15.0 Å².